The molecule has 0 bridgehead atoms. The molecule has 0 aliphatic heterocycles. The predicted octanol–water partition coefficient (Wildman–Crippen LogP) is 3.82. The summed E-state index contributed by atoms with van der Waals surface area (Å²) in [5.74, 6) is 0. The first-order valence-electron chi connectivity index (χ1n) is 4.62. The Hall–Kier alpha value is -1.67. The first-order valence-corrected chi connectivity index (χ1v) is 5.00. The summed E-state index contributed by atoms with van der Waals surface area (Å²) in [5.41, 5.74) is 8.13. The van der Waals surface area contributed by atoms with Crippen molar-refractivity contribution in [1.82, 2.24) is 0 Å². The second-order valence-corrected chi connectivity index (χ2v) is 3.84. The largest absolute Gasteiger partial charge is 0.456 e. The van der Waals surface area contributed by atoms with E-state index in [-0.39, 0.29) is 0 Å². The topological polar surface area (TPSA) is 39.2 Å². The predicted molar refractivity (Wildman–Crippen MR) is 63.1 cm³/mol. The van der Waals surface area contributed by atoms with Crippen molar-refractivity contribution >= 4 is 39.2 Å². The Kier molecular flexibility index (Phi) is 1.67. The third kappa shape index (κ3) is 1.12. The summed E-state index contributed by atoms with van der Waals surface area (Å²) in [6, 6.07) is 11.4. The highest BCUT2D eigenvalue weighted by Crippen LogP contribution is 2.36. The van der Waals surface area contributed by atoms with E-state index in [0.29, 0.717) is 10.7 Å². The van der Waals surface area contributed by atoms with Gasteiger partial charge in [-0.3, -0.25) is 0 Å². The molecule has 2 N–H and O–H groups in total. The van der Waals surface area contributed by atoms with E-state index < -0.39 is 0 Å². The van der Waals surface area contributed by atoms with Gasteiger partial charge in [0.25, 0.3) is 0 Å². The van der Waals surface area contributed by atoms with Gasteiger partial charge in [0.15, 0.2) is 0 Å². The van der Waals surface area contributed by atoms with Crippen LogP contribution >= 0.6 is 11.6 Å². The Bertz CT molecular complexity index is 657. The van der Waals surface area contributed by atoms with Gasteiger partial charge in [0.05, 0.1) is 16.1 Å². The van der Waals surface area contributed by atoms with Crippen LogP contribution in [0.2, 0.25) is 5.02 Å². The Morgan fingerprint density at radius 1 is 1.00 bits per heavy atom. The van der Waals surface area contributed by atoms with Gasteiger partial charge in [0, 0.05) is 5.39 Å². The maximum atomic E-state index is 5.98. The summed E-state index contributed by atoms with van der Waals surface area (Å²) in [7, 11) is 0. The zero-order valence-electron chi connectivity index (χ0n) is 7.83. The number of fused-ring (bicyclic) bond motifs is 3. The highest BCUT2D eigenvalue weighted by molar-refractivity contribution is 6.35. The molecule has 0 saturated carbocycles. The van der Waals surface area contributed by atoms with Gasteiger partial charge >= 0.3 is 0 Å². The highest BCUT2D eigenvalue weighted by atomic mass is 35.5. The molecule has 0 amide bonds. The Balaban J connectivity index is 2.63. The number of rotatable bonds is 0. The van der Waals surface area contributed by atoms with Crippen LogP contribution in [0.5, 0.6) is 0 Å². The minimum Gasteiger partial charge on any atom is -0.456 e. The minimum absolute atomic E-state index is 0.564. The van der Waals surface area contributed by atoms with Gasteiger partial charge in [-0.05, 0) is 18.2 Å². The van der Waals surface area contributed by atoms with Crippen LogP contribution in [0.1, 0.15) is 0 Å². The monoisotopic (exact) mass is 217 g/mol. The molecule has 2 nitrogen and oxygen atoms in total. The van der Waals surface area contributed by atoms with E-state index in [4.69, 9.17) is 21.8 Å². The zero-order chi connectivity index (χ0) is 10.4. The molecule has 0 radical (unpaired) electrons. The molecular weight excluding hydrogens is 210 g/mol. The fourth-order valence-electron chi connectivity index (χ4n) is 1.82. The van der Waals surface area contributed by atoms with Crippen LogP contribution in [-0.2, 0) is 0 Å². The standard InChI is InChI=1S/C12H8ClNO/c13-8-5-6-10-11(12(8)14)7-3-1-2-4-9(7)15-10/h1-6H,14H2. The van der Waals surface area contributed by atoms with E-state index in [1.807, 2.05) is 30.3 Å². The molecule has 15 heavy (non-hydrogen) atoms. The molecule has 3 aromatic rings. The Labute approximate surface area is 91.2 Å². The minimum atomic E-state index is 0.564. The van der Waals surface area contributed by atoms with Crippen LogP contribution in [0.25, 0.3) is 21.9 Å². The van der Waals surface area contributed by atoms with Crippen molar-refractivity contribution in [1.29, 1.82) is 0 Å². The maximum Gasteiger partial charge on any atom is 0.137 e. The number of halogens is 1. The first-order chi connectivity index (χ1) is 7.27. The van der Waals surface area contributed by atoms with Crippen LogP contribution < -0.4 is 5.73 Å². The van der Waals surface area contributed by atoms with Gasteiger partial charge in [0.2, 0.25) is 0 Å². The van der Waals surface area contributed by atoms with Crippen molar-refractivity contribution in [2.45, 2.75) is 0 Å². The SMILES string of the molecule is Nc1c(Cl)ccc2oc3ccccc3c12. The van der Waals surface area contributed by atoms with E-state index in [0.717, 1.165) is 21.9 Å². The normalized spacial score (nSPS) is 11.3. The fourth-order valence-corrected chi connectivity index (χ4v) is 1.98. The molecule has 1 heterocycles. The number of furan rings is 1. The van der Waals surface area contributed by atoms with Gasteiger partial charge in [-0.1, -0.05) is 29.8 Å². The number of nitrogen functional groups attached to an aromatic ring is 1. The van der Waals surface area contributed by atoms with Crippen LogP contribution in [-0.4, -0.2) is 0 Å². The van der Waals surface area contributed by atoms with E-state index in [1.54, 1.807) is 6.07 Å². The van der Waals surface area contributed by atoms with Crippen LogP contribution in [0.3, 0.4) is 0 Å². The molecular formula is C12H8ClNO. The van der Waals surface area contributed by atoms with Crippen molar-refractivity contribution in [2.75, 3.05) is 5.73 Å². The van der Waals surface area contributed by atoms with Crippen LogP contribution in [0, 0.1) is 0 Å². The van der Waals surface area contributed by atoms with Gasteiger partial charge in [0.1, 0.15) is 11.2 Å². The van der Waals surface area contributed by atoms with Crippen LogP contribution in [0.4, 0.5) is 5.69 Å². The lowest BCUT2D eigenvalue weighted by Gasteiger charge is -1.98. The Morgan fingerprint density at radius 3 is 2.67 bits per heavy atom. The molecule has 0 saturated heterocycles. The summed E-state index contributed by atoms with van der Waals surface area (Å²) >= 11 is 5.98. The lowest BCUT2D eigenvalue weighted by molar-refractivity contribution is 0.669. The molecule has 2 aromatic carbocycles. The van der Waals surface area contributed by atoms with Crippen LogP contribution in [0.15, 0.2) is 40.8 Å². The first kappa shape index (κ1) is 8.62. The van der Waals surface area contributed by atoms with E-state index in [2.05, 4.69) is 0 Å². The molecule has 0 unspecified atom stereocenters. The summed E-state index contributed by atoms with van der Waals surface area (Å²) in [5, 5.41) is 2.47. The van der Waals surface area contributed by atoms with E-state index >= 15 is 0 Å². The maximum absolute atomic E-state index is 5.98. The van der Waals surface area contributed by atoms with Gasteiger partial charge in [-0.25, -0.2) is 0 Å². The number of nitrogens with two attached hydrogens (primary N) is 1. The smallest absolute Gasteiger partial charge is 0.137 e. The molecule has 74 valence electrons. The molecule has 3 rings (SSSR count). The molecule has 1 aromatic heterocycles. The van der Waals surface area contributed by atoms with Gasteiger partial charge < -0.3 is 10.2 Å². The molecule has 0 aliphatic rings. The van der Waals surface area contributed by atoms with Crippen molar-refractivity contribution < 1.29 is 4.42 Å². The lowest BCUT2D eigenvalue weighted by Crippen LogP contribution is -1.86. The summed E-state index contributed by atoms with van der Waals surface area (Å²) in [4.78, 5) is 0. The van der Waals surface area contributed by atoms with Gasteiger partial charge in [-0.2, -0.15) is 0 Å². The number of hydrogen-bond acceptors (Lipinski definition) is 2. The third-order valence-electron chi connectivity index (χ3n) is 2.53. The van der Waals surface area contributed by atoms with Crippen molar-refractivity contribution in [3.63, 3.8) is 0 Å². The second-order valence-electron chi connectivity index (χ2n) is 3.43. The number of benzene rings is 2. The van der Waals surface area contributed by atoms with Crippen molar-refractivity contribution in [3.8, 4) is 0 Å². The summed E-state index contributed by atoms with van der Waals surface area (Å²) < 4.78 is 5.65. The third-order valence-corrected chi connectivity index (χ3v) is 2.86. The lowest BCUT2D eigenvalue weighted by atomic mass is 10.1. The van der Waals surface area contributed by atoms with Gasteiger partial charge in [-0.15, -0.1) is 0 Å². The molecule has 0 atom stereocenters. The Morgan fingerprint density at radius 2 is 1.80 bits per heavy atom. The molecule has 0 aliphatic carbocycles. The summed E-state index contributed by atoms with van der Waals surface area (Å²) in [6.07, 6.45) is 0. The number of hydrogen-bond donors (Lipinski definition) is 1. The van der Waals surface area contributed by atoms with Crippen molar-refractivity contribution in [3.05, 3.63) is 41.4 Å². The second kappa shape index (κ2) is 2.91. The van der Waals surface area contributed by atoms with Crippen molar-refractivity contribution in [2.24, 2.45) is 0 Å². The zero-order valence-corrected chi connectivity index (χ0v) is 8.58. The quantitative estimate of drug-likeness (QED) is 0.582. The molecule has 3 heteroatoms. The fraction of sp³-hybridized carbons (Fsp3) is 0. The number of para-hydroxylation sites is 1. The highest BCUT2D eigenvalue weighted by Gasteiger charge is 2.10. The summed E-state index contributed by atoms with van der Waals surface area (Å²) in [6.45, 7) is 0. The van der Waals surface area contributed by atoms with E-state index in [1.165, 1.54) is 0 Å². The molecule has 0 spiro atoms. The van der Waals surface area contributed by atoms with E-state index in [9.17, 15) is 0 Å². The average molecular weight is 218 g/mol. The number of anilines is 1. The molecule has 0 fully saturated rings. The average Bonchev–Trinajstić information content (AvgIpc) is 2.62.